The van der Waals surface area contributed by atoms with Crippen molar-refractivity contribution in [3.05, 3.63) is 30.3 Å². The van der Waals surface area contributed by atoms with Gasteiger partial charge in [0.15, 0.2) is 27.9 Å². The summed E-state index contributed by atoms with van der Waals surface area (Å²) < 4.78 is 35.2. The summed E-state index contributed by atoms with van der Waals surface area (Å²) >= 11 is 0. The van der Waals surface area contributed by atoms with Gasteiger partial charge in [0.25, 0.3) is 0 Å². The summed E-state index contributed by atoms with van der Waals surface area (Å²) in [4.78, 5) is 25.1. The van der Waals surface area contributed by atoms with Crippen molar-refractivity contribution in [2.24, 2.45) is 0 Å². The number of benzene rings is 1. The molecule has 0 radical (unpaired) electrons. The van der Waals surface area contributed by atoms with Crippen molar-refractivity contribution < 1.29 is 27.3 Å². The normalized spacial score (nSPS) is 28.6. The fourth-order valence-electron chi connectivity index (χ4n) is 2.62. The van der Waals surface area contributed by atoms with Crippen LogP contribution in [0, 0.1) is 0 Å². The van der Waals surface area contributed by atoms with E-state index in [9.17, 15) is 18.0 Å². The fourth-order valence-corrected chi connectivity index (χ4v) is 4.84. The maximum atomic E-state index is 12.7. The first-order valence-corrected chi connectivity index (χ1v) is 8.12. The van der Waals surface area contributed by atoms with Crippen molar-refractivity contribution in [1.29, 1.82) is 0 Å². The molecule has 2 heterocycles. The smallest absolute Gasteiger partial charge is 0.333 e. The van der Waals surface area contributed by atoms with Crippen LogP contribution in [0.15, 0.2) is 35.2 Å². The topological polar surface area (TPSA) is 90.0 Å². The van der Waals surface area contributed by atoms with E-state index in [1.54, 1.807) is 18.2 Å². The van der Waals surface area contributed by atoms with Gasteiger partial charge in [-0.05, 0) is 12.1 Å². The number of hydrogen-bond donors (Lipinski definition) is 0. The van der Waals surface area contributed by atoms with Crippen molar-refractivity contribution in [3.63, 3.8) is 0 Å². The van der Waals surface area contributed by atoms with E-state index in [1.807, 2.05) is 9.47 Å². The molecule has 9 heteroatoms. The summed E-state index contributed by atoms with van der Waals surface area (Å²) in [5, 5.41) is -1.45. The lowest BCUT2D eigenvalue weighted by atomic mass is 10.2. The largest absolute Gasteiger partial charge is 0.443 e. The standard InChI is InChI=1S/C12H12NO6PS/c14-11-10(21(16,17)7-4-2-1-3-5-7)9(19-20)8-12(15)18-6-13(8)11/h1-5,8-10H,6,20H2/t8-,9+,10?/m0/s1. The average Bonchev–Trinajstić information content (AvgIpc) is 2.99. The van der Waals surface area contributed by atoms with E-state index in [2.05, 4.69) is 0 Å². The third-order valence-corrected chi connectivity index (χ3v) is 6.00. The Balaban J connectivity index is 2.06. The van der Waals surface area contributed by atoms with Gasteiger partial charge in [0.05, 0.1) is 4.90 Å². The predicted molar refractivity (Wildman–Crippen MR) is 73.6 cm³/mol. The van der Waals surface area contributed by atoms with Crippen LogP contribution in [0.2, 0.25) is 0 Å². The number of sulfone groups is 1. The first kappa shape index (κ1) is 14.4. The summed E-state index contributed by atoms with van der Waals surface area (Å²) in [5.74, 6) is -1.33. The van der Waals surface area contributed by atoms with Gasteiger partial charge >= 0.3 is 5.97 Å². The monoisotopic (exact) mass is 329 g/mol. The number of esters is 1. The highest BCUT2D eigenvalue weighted by Gasteiger charge is 2.60. The molecular weight excluding hydrogens is 317 g/mol. The molecule has 0 aliphatic carbocycles. The van der Waals surface area contributed by atoms with Crippen molar-refractivity contribution in [2.75, 3.05) is 6.73 Å². The Morgan fingerprint density at radius 3 is 2.52 bits per heavy atom. The lowest BCUT2D eigenvalue weighted by Crippen LogP contribution is -2.40. The molecule has 4 atom stereocenters. The van der Waals surface area contributed by atoms with Crippen LogP contribution in [0.4, 0.5) is 0 Å². The Bertz CT molecular complexity index is 691. The molecule has 1 aromatic carbocycles. The molecule has 2 fully saturated rings. The molecule has 1 amide bonds. The van der Waals surface area contributed by atoms with E-state index in [0.717, 1.165) is 4.90 Å². The Morgan fingerprint density at radius 2 is 1.90 bits per heavy atom. The highest BCUT2D eigenvalue weighted by Crippen LogP contribution is 2.35. The van der Waals surface area contributed by atoms with Gasteiger partial charge in [-0.2, -0.15) is 0 Å². The third-order valence-electron chi connectivity index (χ3n) is 3.62. The first-order valence-electron chi connectivity index (χ1n) is 6.10. The lowest BCUT2D eigenvalue weighted by molar-refractivity contribution is -0.140. The number of ether oxygens (including phenoxy) is 1. The van der Waals surface area contributed by atoms with Gasteiger partial charge < -0.3 is 9.26 Å². The van der Waals surface area contributed by atoms with Crippen molar-refractivity contribution >= 4 is 31.2 Å². The fraction of sp³-hybridized carbons (Fsp3) is 0.333. The zero-order valence-corrected chi connectivity index (χ0v) is 12.7. The summed E-state index contributed by atoms with van der Waals surface area (Å²) in [7, 11) is -2.03. The predicted octanol–water partition coefficient (Wildman–Crippen LogP) is -0.271. The molecular formula is C12H12NO6PS. The highest BCUT2D eigenvalue weighted by atomic mass is 32.2. The second kappa shape index (κ2) is 5.05. The Kier molecular flexibility index (Phi) is 3.47. The SMILES string of the molecule is O=C1OCN2C(=O)C(S(=O)(=O)c3ccccc3)[C@H](OP)[C@@H]12. The molecule has 2 aliphatic rings. The number of carbonyl (C=O) groups is 2. The molecule has 2 saturated heterocycles. The van der Waals surface area contributed by atoms with E-state index >= 15 is 0 Å². The first-order chi connectivity index (χ1) is 9.98. The zero-order chi connectivity index (χ0) is 15.2. The molecule has 0 spiro atoms. The minimum absolute atomic E-state index is 0.0185. The number of carbonyl (C=O) groups excluding carboxylic acids is 2. The van der Waals surface area contributed by atoms with Gasteiger partial charge in [-0.1, -0.05) is 18.2 Å². The van der Waals surface area contributed by atoms with Crippen LogP contribution in [-0.2, 0) is 28.7 Å². The van der Waals surface area contributed by atoms with E-state index in [1.165, 1.54) is 12.1 Å². The molecule has 3 rings (SSSR count). The van der Waals surface area contributed by atoms with Crippen molar-refractivity contribution in [2.45, 2.75) is 22.3 Å². The van der Waals surface area contributed by atoms with Gasteiger partial charge in [-0.15, -0.1) is 0 Å². The van der Waals surface area contributed by atoms with Crippen LogP contribution in [0.25, 0.3) is 0 Å². The van der Waals surface area contributed by atoms with Crippen LogP contribution in [0.5, 0.6) is 0 Å². The molecule has 0 aromatic heterocycles. The van der Waals surface area contributed by atoms with Gasteiger partial charge in [0, 0.05) is 9.47 Å². The van der Waals surface area contributed by atoms with Crippen LogP contribution in [0.1, 0.15) is 0 Å². The minimum Gasteiger partial charge on any atom is -0.443 e. The van der Waals surface area contributed by atoms with E-state index in [0.29, 0.717) is 0 Å². The van der Waals surface area contributed by atoms with Gasteiger partial charge in [-0.25, -0.2) is 13.2 Å². The summed E-state index contributed by atoms with van der Waals surface area (Å²) in [6.45, 7) is -0.242. The second-order valence-electron chi connectivity index (χ2n) is 4.72. The molecule has 1 aromatic rings. The van der Waals surface area contributed by atoms with Crippen LogP contribution < -0.4 is 0 Å². The zero-order valence-electron chi connectivity index (χ0n) is 10.7. The molecule has 0 saturated carbocycles. The molecule has 2 unspecified atom stereocenters. The maximum absolute atomic E-state index is 12.7. The Labute approximate surface area is 123 Å². The highest BCUT2D eigenvalue weighted by molar-refractivity contribution is 7.93. The summed E-state index contributed by atoms with van der Waals surface area (Å²) in [6.07, 6.45) is -1.11. The van der Waals surface area contributed by atoms with Crippen LogP contribution in [-0.4, -0.2) is 49.3 Å². The number of cyclic esters (lactones) is 1. The lowest BCUT2D eigenvalue weighted by Gasteiger charge is -2.18. The van der Waals surface area contributed by atoms with Crippen molar-refractivity contribution in [1.82, 2.24) is 4.90 Å². The molecule has 112 valence electrons. The number of nitrogens with zero attached hydrogens (tertiary/aromatic N) is 1. The summed E-state index contributed by atoms with van der Waals surface area (Å²) in [5.41, 5.74) is 0. The molecule has 0 N–H and O–H groups in total. The minimum atomic E-state index is -3.95. The van der Waals surface area contributed by atoms with Crippen molar-refractivity contribution in [3.8, 4) is 0 Å². The number of hydrogen-bond acceptors (Lipinski definition) is 6. The molecule has 2 aliphatic heterocycles. The van der Waals surface area contributed by atoms with Gasteiger partial charge in [-0.3, -0.25) is 9.69 Å². The molecule has 0 bridgehead atoms. The van der Waals surface area contributed by atoms with E-state index in [-0.39, 0.29) is 11.6 Å². The third kappa shape index (κ3) is 2.06. The van der Waals surface area contributed by atoms with E-state index < -0.39 is 39.1 Å². The van der Waals surface area contributed by atoms with Gasteiger partial charge in [0.2, 0.25) is 5.91 Å². The van der Waals surface area contributed by atoms with Crippen LogP contribution >= 0.6 is 9.47 Å². The molecule has 7 nitrogen and oxygen atoms in total. The second-order valence-corrected chi connectivity index (χ2v) is 7.07. The van der Waals surface area contributed by atoms with Gasteiger partial charge in [0.1, 0.15) is 6.10 Å². The Hall–Kier alpha value is -1.50. The Morgan fingerprint density at radius 1 is 1.24 bits per heavy atom. The average molecular weight is 329 g/mol. The number of rotatable bonds is 3. The maximum Gasteiger partial charge on any atom is 0.333 e. The van der Waals surface area contributed by atoms with E-state index in [4.69, 9.17) is 9.26 Å². The number of fused-ring (bicyclic) bond motifs is 1. The van der Waals surface area contributed by atoms with Crippen LogP contribution in [0.3, 0.4) is 0 Å². The molecule has 21 heavy (non-hydrogen) atoms. The summed E-state index contributed by atoms with van der Waals surface area (Å²) in [6, 6.07) is 6.61. The number of amides is 1. The quantitative estimate of drug-likeness (QED) is 0.560.